The third-order valence-corrected chi connectivity index (χ3v) is 5.00. The van der Waals surface area contributed by atoms with Crippen molar-refractivity contribution in [3.05, 3.63) is 57.5 Å². The van der Waals surface area contributed by atoms with Crippen LogP contribution in [0.2, 0.25) is 0 Å². The lowest BCUT2D eigenvalue weighted by Crippen LogP contribution is -2.38. The summed E-state index contributed by atoms with van der Waals surface area (Å²) >= 11 is 0. The van der Waals surface area contributed by atoms with Crippen LogP contribution in [0.4, 0.5) is 13.2 Å². The van der Waals surface area contributed by atoms with Crippen LogP contribution < -0.4 is 11.2 Å². The van der Waals surface area contributed by atoms with E-state index in [1.807, 2.05) is 6.92 Å². The molecule has 28 heavy (non-hydrogen) atoms. The molecule has 2 unspecified atom stereocenters. The Morgan fingerprint density at radius 3 is 2.61 bits per heavy atom. The molecule has 2 N–H and O–H groups in total. The normalized spacial score (nSPS) is 19.9. The molecule has 1 aliphatic heterocycles. The van der Waals surface area contributed by atoms with E-state index in [0.717, 1.165) is 16.8 Å². The Morgan fingerprint density at radius 2 is 2.00 bits per heavy atom. The highest BCUT2D eigenvalue weighted by molar-refractivity contribution is 5.92. The minimum atomic E-state index is -4.60. The summed E-state index contributed by atoms with van der Waals surface area (Å²) in [4.78, 5) is 26.8. The summed E-state index contributed by atoms with van der Waals surface area (Å²) in [7, 11) is 0. The van der Waals surface area contributed by atoms with Gasteiger partial charge >= 0.3 is 6.18 Å². The third kappa shape index (κ3) is 3.66. The standard InChI is InChI=1S/C19H21F3N4O2/c1-11-7-13(9-23)10-25(11)18(28)17-16(27)8-12(2)26(24-17)15-6-4-3-5-14(15)19(20,21)22/h3-6,8,11,13H,7,9-10,23H2,1-2H3. The molecule has 1 aromatic carbocycles. The number of nitrogens with zero attached hydrogens (tertiary/aromatic N) is 3. The topological polar surface area (TPSA) is 81.2 Å². The fourth-order valence-corrected chi connectivity index (χ4v) is 3.57. The Bertz CT molecular complexity index is 955. The zero-order chi connectivity index (χ0) is 20.6. The molecule has 6 nitrogen and oxygen atoms in total. The van der Waals surface area contributed by atoms with E-state index >= 15 is 0 Å². The lowest BCUT2D eigenvalue weighted by Gasteiger charge is -2.22. The second-order valence-electron chi connectivity index (χ2n) is 7.07. The van der Waals surface area contributed by atoms with Crippen molar-refractivity contribution in [3.63, 3.8) is 0 Å². The molecule has 2 atom stereocenters. The molecular weight excluding hydrogens is 373 g/mol. The summed E-state index contributed by atoms with van der Waals surface area (Å²) in [6.45, 7) is 4.13. The van der Waals surface area contributed by atoms with E-state index in [0.29, 0.717) is 19.5 Å². The maximum atomic E-state index is 13.4. The molecule has 1 amide bonds. The zero-order valence-corrected chi connectivity index (χ0v) is 15.5. The summed E-state index contributed by atoms with van der Waals surface area (Å²) in [5.74, 6) is -0.468. The van der Waals surface area contributed by atoms with E-state index in [-0.39, 0.29) is 23.3 Å². The third-order valence-electron chi connectivity index (χ3n) is 5.00. The van der Waals surface area contributed by atoms with Gasteiger partial charge in [0.15, 0.2) is 5.69 Å². The number of hydrogen-bond donors (Lipinski definition) is 1. The van der Waals surface area contributed by atoms with E-state index in [9.17, 15) is 22.8 Å². The number of benzene rings is 1. The molecule has 2 aromatic rings. The first-order chi connectivity index (χ1) is 13.1. The van der Waals surface area contributed by atoms with Crippen molar-refractivity contribution in [3.8, 4) is 5.69 Å². The summed E-state index contributed by atoms with van der Waals surface area (Å²) in [6, 6.07) is 5.91. The Morgan fingerprint density at radius 1 is 1.32 bits per heavy atom. The van der Waals surface area contributed by atoms with Crippen molar-refractivity contribution in [2.75, 3.05) is 13.1 Å². The SMILES string of the molecule is Cc1cc(=O)c(C(=O)N2CC(CN)CC2C)nn1-c1ccccc1C(F)(F)F. The van der Waals surface area contributed by atoms with Crippen LogP contribution in [0.3, 0.4) is 0 Å². The average molecular weight is 394 g/mol. The van der Waals surface area contributed by atoms with E-state index in [1.54, 1.807) is 0 Å². The van der Waals surface area contributed by atoms with Crippen molar-refractivity contribution in [2.24, 2.45) is 11.7 Å². The van der Waals surface area contributed by atoms with Gasteiger partial charge in [-0.2, -0.15) is 18.3 Å². The van der Waals surface area contributed by atoms with E-state index < -0.39 is 28.8 Å². The first kappa shape index (κ1) is 20.1. The lowest BCUT2D eigenvalue weighted by molar-refractivity contribution is -0.137. The number of carbonyl (C=O) groups excluding carboxylic acids is 1. The summed E-state index contributed by atoms with van der Waals surface area (Å²) in [5, 5.41) is 4.03. The quantitative estimate of drug-likeness (QED) is 0.867. The maximum Gasteiger partial charge on any atom is 0.418 e. The predicted octanol–water partition coefficient (Wildman–Crippen LogP) is 2.37. The van der Waals surface area contributed by atoms with Gasteiger partial charge in [0.25, 0.3) is 5.91 Å². The van der Waals surface area contributed by atoms with Gasteiger partial charge in [-0.1, -0.05) is 12.1 Å². The Hall–Kier alpha value is -2.68. The molecule has 1 aromatic heterocycles. The van der Waals surface area contributed by atoms with Gasteiger partial charge in [-0.25, -0.2) is 4.68 Å². The van der Waals surface area contributed by atoms with E-state index in [2.05, 4.69) is 5.10 Å². The zero-order valence-electron chi connectivity index (χ0n) is 15.5. The summed E-state index contributed by atoms with van der Waals surface area (Å²) in [5.41, 5.74) is 3.73. The number of nitrogens with two attached hydrogens (primary N) is 1. The number of aromatic nitrogens is 2. The molecule has 1 saturated heterocycles. The Kier molecular flexibility index (Phi) is 5.29. The molecule has 150 valence electrons. The fourth-order valence-electron chi connectivity index (χ4n) is 3.57. The first-order valence-electron chi connectivity index (χ1n) is 8.92. The van der Waals surface area contributed by atoms with Gasteiger partial charge in [0.05, 0.1) is 11.3 Å². The number of hydrogen-bond acceptors (Lipinski definition) is 4. The smallest absolute Gasteiger partial charge is 0.334 e. The minimum Gasteiger partial charge on any atom is -0.334 e. The van der Waals surface area contributed by atoms with Crippen molar-refractivity contribution in [2.45, 2.75) is 32.5 Å². The summed E-state index contributed by atoms with van der Waals surface area (Å²) in [6.07, 6.45) is -3.89. The monoisotopic (exact) mass is 394 g/mol. The number of halogens is 3. The second kappa shape index (κ2) is 7.38. The van der Waals surface area contributed by atoms with Crippen LogP contribution in [-0.2, 0) is 6.18 Å². The molecule has 1 fully saturated rings. The number of aryl methyl sites for hydroxylation is 1. The Balaban J connectivity index is 2.09. The van der Waals surface area contributed by atoms with Gasteiger partial charge in [-0.3, -0.25) is 9.59 Å². The van der Waals surface area contributed by atoms with Crippen molar-refractivity contribution < 1.29 is 18.0 Å². The van der Waals surface area contributed by atoms with Crippen LogP contribution in [0, 0.1) is 12.8 Å². The number of carbonyl (C=O) groups is 1. The largest absolute Gasteiger partial charge is 0.418 e. The highest BCUT2D eigenvalue weighted by Gasteiger charge is 2.36. The van der Waals surface area contributed by atoms with Crippen LogP contribution >= 0.6 is 0 Å². The molecule has 0 spiro atoms. The number of para-hydroxylation sites is 1. The van der Waals surface area contributed by atoms with Gasteiger partial charge in [-0.05, 0) is 44.9 Å². The molecule has 0 aliphatic carbocycles. The number of alkyl halides is 3. The van der Waals surface area contributed by atoms with Gasteiger partial charge in [0, 0.05) is 24.3 Å². The molecule has 2 heterocycles. The van der Waals surface area contributed by atoms with Gasteiger partial charge in [-0.15, -0.1) is 0 Å². The van der Waals surface area contributed by atoms with Crippen LogP contribution in [0.15, 0.2) is 35.1 Å². The molecule has 9 heteroatoms. The number of likely N-dealkylation sites (tertiary alicyclic amines) is 1. The molecule has 0 radical (unpaired) electrons. The van der Waals surface area contributed by atoms with Gasteiger partial charge in [0.1, 0.15) is 0 Å². The second-order valence-corrected chi connectivity index (χ2v) is 7.07. The number of amides is 1. The summed E-state index contributed by atoms with van der Waals surface area (Å²) < 4.78 is 41.2. The predicted molar refractivity (Wildman–Crippen MR) is 97.2 cm³/mol. The van der Waals surface area contributed by atoms with Crippen molar-refractivity contribution in [1.29, 1.82) is 0 Å². The van der Waals surface area contributed by atoms with Crippen LogP contribution in [0.1, 0.15) is 35.1 Å². The van der Waals surface area contributed by atoms with Crippen LogP contribution in [0.5, 0.6) is 0 Å². The van der Waals surface area contributed by atoms with Crippen molar-refractivity contribution >= 4 is 5.91 Å². The maximum absolute atomic E-state index is 13.4. The molecule has 3 rings (SSSR count). The molecular formula is C19H21F3N4O2. The fraction of sp³-hybridized carbons (Fsp3) is 0.421. The highest BCUT2D eigenvalue weighted by atomic mass is 19.4. The van der Waals surface area contributed by atoms with Crippen LogP contribution in [0.25, 0.3) is 5.69 Å². The highest BCUT2D eigenvalue weighted by Crippen LogP contribution is 2.33. The minimum absolute atomic E-state index is 0.123. The molecule has 1 aliphatic rings. The molecule has 0 saturated carbocycles. The average Bonchev–Trinajstić information content (AvgIpc) is 3.01. The lowest BCUT2D eigenvalue weighted by atomic mass is 10.1. The van der Waals surface area contributed by atoms with Gasteiger partial charge < -0.3 is 10.6 Å². The van der Waals surface area contributed by atoms with Gasteiger partial charge in [0.2, 0.25) is 5.43 Å². The van der Waals surface area contributed by atoms with Crippen LogP contribution in [-0.4, -0.2) is 39.7 Å². The van der Waals surface area contributed by atoms with Crippen molar-refractivity contribution in [1.82, 2.24) is 14.7 Å². The van der Waals surface area contributed by atoms with E-state index in [4.69, 9.17) is 5.73 Å². The Labute approximate surface area is 159 Å². The number of rotatable bonds is 3. The van der Waals surface area contributed by atoms with E-state index in [1.165, 1.54) is 30.0 Å². The molecule has 0 bridgehead atoms. The first-order valence-corrected chi connectivity index (χ1v) is 8.92.